The molecule has 11 nitrogen and oxygen atoms in total. The van der Waals surface area contributed by atoms with Gasteiger partial charge in [0.2, 0.25) is 11.8 Å². The lowest BCUT2D eigenvalue weighted by molar-refractivity contribution is -0.151. The normalized spacial score (nSPS) is 21.2. The Bertz CT molecular complexity index is 1970. The standard InChI is InChI=1S/C52H67N3O8/c1-51(2,3)39(32-47(58)62-7)49(60)53-28-12-16-43(53)45(56)30-34-18-22-36(23-19-34)41-26-27-42(55(41)38-14-10-9-11-15-38)37-24-20-35(21-25-37)31-46(57)44-17-13-29-54(44)50(61)40(52(4,5)6)33-48(59)63-8/h9-11,14-15,18-25,39-44H,12-13,16-17,26-33H2,1-8H3/t39-,40-,41-,42+,43+,44+/m1/s1. The van der Waals surface area contributed by atoms with Crippen molar-refractivity contribution >= 4 is 41.0 Å². The maximum atomic E-state index is 13.8. The molecule has 0 bridgehead atoms. The summed E-state index contributed by atoms with van der Waals surface area (Å²) in [5, 5.41) is 0. The first kappa shape index (κ1) is 47.2. The van der Waals surface area contributed by atoms with Crippen LogP contribution in [0.2, 0.25) is 0 Å². The van der Waals surface area contributed by atoms with Crippen LogP contribution in [0.5, 0.6) is 0 Å². The molecule has 3 saturated heterocycles. The predicted octanol–water partition coefficient (Wildman–Crippen LogP) is 8.43. The minimum atomic E-state index is -0.581. The summed E-state index contributed by atoms with van der Waals surface area (Å²) in [6.45, 7) is 12.6. The van der Waals surface area contributed by atoms with Gasteiger partial charge in [0.15, 0.2) is 11.6 Å². The smallest absolute Gasteiger partial charge is 0.306 e. The first-order valence-electron chi connectivity index (χ1n) is 22.7. The molecule has 63 heavy (non-hydrogen) atoms. The lowest BCUT2D eigenvalue weighted by atomic mass is 9.77. The number of ketones is 2. The largest absolute Gasteiger partial charge is 0.469 e. The average molecular weight is 862 g/mol. The maximum Gasteiger partial charge on any atom is 0.306 e. The lowest BCUT2D eigenvalue weighted by Crippen LogP contribution is -2.47. The van der Waals surface area contributed by atoms with Gasteiger partial charge in [-0.25, -0.2) is 0 Å². The first-order valence-corrected chi connectivity index (χ1v) is 22.7. The van der Waals surface area contributed by atoms with Crippen molar-refractivity contribution in [3.63, 3.8) is 0 Å². The molecule has 3 aromatic rings. The zero-order chi connectivity index (χ0) is 45.6. The van der Waals surface area contributed by atoms with E-state index in [1.807, 2.05) is 71.9 Å². The Kier molecular flexibility index (Phi) is 15.0. The van der Waals surface area contributed by atoms with Crippen molar-refractivity contribution in [2.75, 3.05) is 32.2 Å². The summed E-state index contributed by atoms with van der Waals surface area (Å²) in [7, 11) is 2.65. The molecule has 3 aromatic carbocycles. The van der Waals surface area contributed by atoms with Crippen LogP contribution in [-0.2, 0) is 51.1 Å². The van der Waals surface area contributed by atoms with Gasteiger partial charge in [0.1, 0.15) is 0 Å². The zero-order valence-corrected chi connectivity index (χ0v) is 38.6. The third kappa shape index (κ3) is 11.1. The highest BCUT2D eigenvalue weighted by Crippen LogP contribution is 2.47. The van der Waals surface area contributed by atoms with Crippen LogP contribution in [0, 0.1) is 22.7 Å². The van der Waals surface area contributed by atoms with Gasteiger partial charge in [-0.05, 0) is 83.7 Å². The number of para-hydroxylation sites is 1. The molecule has 0 aliphatic carbocycles. The lowest BCUT2D eigenvalue weighted by Gasteiger charge is -2.34. The Balaban J connectivity index is 1.13. The third-order valence-electron chi connectivity index (χ3n) is 13.6. The number of ether oxygens (including phenoxy) is 2. The van der Waals surface area contributed by atoms with Crippen molar-refractivity contribution < 1.29 is 38.2 Å². The Morgan fingerprint density at radius 3 is 1.29 bits per heavy atom. The molecule has 0 spiro atoms. The van der Waals surface area contributed by atoms with Crippen LogP contribution in [0.25, 0.3) is 0 Å². The molecule has 11 heteroatoms. The number of carbonyl (C=O) groups excluding carboxylic acids is 6. The quantitative estimate of drug-likeness (QED) is 0.138. The molecule has 3 fully saturated rings. The molecule has 6 atom stereocenters. The Morgan fingerprint density at radius 2 is 0.937 bits per heavy atom. The Morgan fingerprint density at radius 1 is 0.556 bits per heavy atom. The third-order valence-corrected chi connectivity index (χ3v) is 13.6. The van der Waals surface area contributed by atoms with Crippen LogP contribution < -0.4 is 4.90 Å². The van der Waals surface area contributed by atoms with Crippen LogP contribution in [0.3, 0.4) is 0 Å². The van der Waals surface area contributed by atoms with Crippen molar-refractivity contribution in [3.05, 3.63) is 101 Å². The van der Waals surface area contributed by atoms with Crippen molar-refractivity contribution in [2.45, 2.75) is 130 Å². The van der Waals surface area contributed by atoms with E-state index in [1.165, 1.54) is 14.2 Å². The van der Waals surface area contributed by atoms with E-state index >= 15 is 0 Å². The molecule has 0 unspecified atom stereocenters. The number of hydrogen-bond acceptors (Lipinski definition) is 9. The number of likely N-dealkylation sites (tertiary alicyclic amines) is 2. The number of anilines is 1. The number of benzene rings is 3. The summed E-state index contributed by atoms with van der Waals surface area (Å²) in [6, 6.07) is 26.2. The molecule has 3 aliphatic rings. The average Bonchev–Trinajstić information content (AvgIpc) is 4.05. The van der Waals surface area contributed by atoms with E-state index in [4.69, 9.17) is 9.47 Å². The summed E-state index contributed by atoms with van der Waals surface area (Å²) >= 11 is 0. The molecule has 6 rings (SSSR count). The molecule has 0 saturated carbocycles. The molecule has 0 aromatic heterocycles. The molecule has 3 aliphatic heterocycles. The fourth-order valence-electron chi connectivity index (χ4n) is 9.94. The second kappa shape index (κ2) is 20.0. The molecular weight excluding hydrogens is 795 g/mol. The molecule has 0 radical (unpaired) electrons. The van der Waals surface area contributed by atoms with Gasteiger partial charge in [0.25, 0.3) is 0 Å². The Labute approximate surface area is 373 Å². The van der Waals surface area contributed by atoms with Crippen LogP contribution in [0.1, 0.15) is 127 Å². The molecular formula is C52H67N3O8. The van der Waals surface area contributed by atoms with Gasteiger partial charge in [0, 0.05) is 31.6 Å². The van der Waals surface area contributed by atoms with Crippen molar-refractivity contribution in [1.82, 2.24) is 9.80 Å². The van der Waals surface area contributed by atoms with Crippen molar-refractivity contribution in [3.8, 4) is 0 Å². The summed E-state index contributed by atoms with van der Waals surface area (Å²) in [6.07, 6.45) is 4.98. The van der Waals surface area contributed by atoms with E-state index in [0.29, 0.717) is 25.9 Å². The fourth-order valence-corrected chi connectivity index (χ4v) is 9.94. The van der Waals surface area contributed by atoms with E-state index in [1.54, 1.807) is 9.80 Å². The zero-order valence-electron chi connectivity index (χ0n) is 38.6. The van der Waals surface area contributed by atoms with Gasteiger partial charge in [0.05, 0.1) is 63.1 Å². The van der Waals surface area contributed by atoms with Gasteiger partial charge in [-0.3, -0.25) is 28.8 Å². The van der Waals surface area contributed by atoms with E-state index < -0.39 is 46.7 Å². The van der Waals surface area contributed by atoms with Crippen LogP contribution >= 0.6 is 0 Å². The summed E-state index contributed by atoms with van der Waals surface area (Å²) in [5.74, 6) is -2.32. The van der Waals surface area contributed by atoms with Crippen LogP contribution in [-0.4, -0.2) is 84.5 Å². The summed E-state index contributed by atoms with van der Waals surface area (Å²) < 4.78 is 9.80. The van der Waals surface area contributed by atoms with Crippen molar-refractivity contribution in [2.24, 2.45) is 22.7 Å². The highest BCUT2D eigenvalue weighted by Gasteiger charge is 2.44. The molecule has 3 heterocycles. The monoisotopic (exact) mass is 861 g/mol. The number of methoxy groups -OCH3 is 2. The maximum absolute atomic E-state index is 13.8. The van der Waals surface area contributed by atoms with Gasteiger partial charge >= 0.3 is 11.9 Å². The number of hydrogen-bond donors (Lipinski definition) is 0. The topological polar surface area (TPSA) is 131 Å². The number of amides is 2. The van der Waals surface area contributed by atoms with E-state index in [0.717, 1.165) is 53.6 Å². The van der Waals surface area contributed by atoms with Gasteiger partial charge < -0.3 is 24.2 Å². The molecule has 0 N–H and O–H groups in total. The Hall–Kier alpha value is -5.32. The predicted molar refractivity (Wildman–Crippen MR) is 243 cm³/mol. The van der Waals surface area contributed by atoms with Gasteiger partial charge in [-0.1, -0.05) is 108 Å². The van der Waals surface area contributed by atoms with Gasteiger partial charge in [-0.2, -0.15) is 0 Å². The highest BCUT2D eigenvalue weighted by atomic mass is 16.5. The number of Topliss-reactive ketones (excluding diaryl/α,β-unsaturated/α-hetero) is 2. The van der Waals surface area contributed by atoms with Crippen molar-refractivity contribution in [1.29, 1.82) is 0 Å². The number of carbonyl (C=O) groups is 6. The van der Waals surface area contributed by atoms with E-state index in [9.17, 15) is 28.8 Å². The summed E-state index contributed by atoms with van der Waals surface area (Å²) in [4.78, 5) is 85.6. The minimum Gasteiger partial charge on any atom is -0.469 e. The number of esters is 2. The molecule has 338 valence electrons. The van der Waals surface area contributed by atoms with Crippen LogP contribution in [0.15, 0.2) is 78.9 Å². The number of rotatable bonds is 15. The van der Waals surface area contributed by atoms with Crippen LogP contribution in [0.4, 0.5) is 5.69 Å². The molecule has 2 amide bonds. The first-order chi connectivity index (χ1) is 29.9. The summed E-state index contributed by atoms with van der Waals surface area (Å²) in [5.41, 5.74) is 4.28. The van der Waals surface area contributed by atoms with E-state index in [2.05, 4.69) is 53.4 Å². The minimum absolute atomic E-state index is 0.00943. The highest BCUT2D eigenvalue weighted by molar-refractivity contribution is 5.94. The number of nitrogens with zero attached hydrogens (tertiary/aromatic N) is 3. The SMILES string of the molecule is COC(=O)C[C@H](C(=O)N1CCC[C@H]1C(=O)Cc1ccc([C@H]2CC[C@@H](c3ccc(CC(=O)[C@@H]4CCCN4C(=O)[C@@H](CC(=O)OC)C(C)(C)C)cc3)N2c2ccccc2)cc1)C(C)(C)C. The van der Waals surface area contributed by atoms with Gasteiger partial charge in [-0.15, -0.1) is 0 Å². The fraction of sp³-hybridized carbons (Fsp3) is 0.538. The second-order valence-corrected chi connectivity index (χ2v) is 19.9. The van der Waals surface area contributed by atoms with E-state index in [-0.39, 0.29) is 61.1 Å². The second-order valence-electron chi connectivity index (χ2n) is 19.9.